The zero-order valence-electron chi connectivity index (χ0n) is 15.4. The highest BCUT2D eigenvalue weighted by molar-refractivity contribution is 5.94. The van der Waals surface area contributed by atoms with Crippen LogP contribution >= 0.6 is 0 Å². The van der Waals surface area contributed by atoms with E-state index in [4.69, 9.17) is 9.62 Å². The minimum atomic E-state index is -4.51. The molecular formula is C18H17F3N4O4. The van der Waals surface area contributed by atoms with Crippen molar-refractivity contribution in [2.45, 2.75) is 13.1 Å². The number of pyridine rings is 1. The first-order valence-corrected chi connectivity index (χ1v) is 8.00. The lowest BCUT2D eigenvalue weighted by Crippen LogP contribution is -2.23. The van der Waals surface area contributed by atoms with Gasteiger partial charge in [-0.3, -0.25) is 10.0 Å². The Bertz CT molecular complexity index is 978. The minimum absolute atomic E-state index is 0.0175. The van der Waals surface area contributed by atoms with E-state index in [2.05, 4.69) is 21.9 Å². The van der Waals surface area contributed by atoms with E-state index in [9.17, 15) is 23.1 Å². The molecular weight excluding hydrogens is 393 g/mol. The van der Waals surface area contributed by atoms with Crippen LogP contribution in [0.5, 0.6) is 5.75 Å². The minimum Gasteiger partial charge on any atom is -0.505 e. The predicted molar refractivity (Wildman–Crippen MR) is 97.6 cm³/mol. The van der Waals surface area contributed by atoms with Gasteiger partial charge >= 0.3 is 6.18 Å². The third-order valence-corrected chi connectivity index (χ3v) is 3.57. The number of nitrogens with zero attached hydrogens (tertiary/aromatic N) is 3. The third kappa shape index (κ3) is 5.45. The van der Waals surface area contributed by atoms with Crippen LogP contribution in [-0.2, 0) is 0 Å². The van der Waals surface area contributed by atoms with Crippen LogP contribution in [0.4, 0.5) is 24.9 Å². The molecule has 0 atom stereocenters. The molecule has 11 heteroatoms. The number of nitrogens with one attached hydrogen (secondary N) is 1. The van der Waals surface area contributed by atoms with E-state index in [1.807, 2.05) is 0 Å². The van der Waals surface area contributed by atoms with Crippen LogP contribution in [0.25, 0.3) is 5.57 Å². The number of aromatic nitrogens is 2. The number of hydrogen-bond acceptors (Lipinski definition) is 7. The van der Waals surface area contributed by atoms with E-state index in [1.54, 1.807) is 0 Å². The SMILES string of the molecule is C=C/C(=C\C=C(/C)c1cnc(Nc2cnc(C(=O)N(C)O)c(O)c2)o1)C(F)(F)F. The van der Waals surface area contributed by atoms with E-state index in [-0.39, 0.29) is 28.2 Å². The Hall–Kier alpha value is -3.60. The molecule has 0 radical (unpaired) electrons. The van der Waals surface area contributed by atoms with Gasteiger partial charge in [0.25, 0.3) is 11.9 Å². The van der Waals surface area contributed by atoms with Gasteiger partial charge in [-0.25, -0.2) is 15.0 Å². The van der Waals surface area contributed by atoms with Crippen molar-refractivity contribution in [2.75, 3.05) is 12.4 Å². The molecule has 0 spiro atoms. The number of halogens is 3. The van der Waals surface area contributed by atoms with Gasteiger partial charge in [0, 0.05) is 13.1 Å². The van der Waals surface area contributed by atoms with Crippen molar-refractivity contribution in [3.8, 4) is 5.75 Å². The highest BCUT2D eigenvalue weighted by atomic mass is 19.4. The normalized spacial score (nSPS) is 12.6. The molecule has 2 aromatic rings. The fraction of sp³-hybridized carbons (Fsp3) is 0.167. The number of allylic oxidation sites excluding steroid dienone is 5. The van der Waals surface area contributed by atoms with Crippen LogP contribution < -0.4 is 5.32 Å². The van der Waals surface area contributed by atoms with Crippen molar-refractivity contribution in [2.24, 2.45) is 0 Å². The Labute approximate surface area is 163 Å². The lowest BCUT2D eigenvalue weighted by atomic mass is 10.2. The molecule has 0 unspecified atom stereocenters. The second-order valence-corrected chi connectivity index (χ2v) is 5.75. The van der Waals surface area contributed by atoms with E-state index < -0.39 is 23.4 Å². The number of hydrogen-bond donors (Lipinski definition) is 3. The van der Waals surface area contributed by atoms with Gasteiger partial charge in [-0.2, -0.15) is 13.2 Å². The van der Waals surface area contributed by atoms with Gasteiger partial charge in [-0.1, -0.05) is 18.7 Å². The average Bonchev–Trinajstić information content (AvgIpc) is 3.09. The predicted octanol–water partition coefficient (Wildman–Crippen LogP) is 4.06. The smallest absolute Gasteiger partial charge is 0.416 e. The summed E-state index contributed by atoms with van der Waals surface area (Å²) in [4.78, 5) is 19.3. The molecule has 0 bridgehead atoms. The van der Waals surface area contributed by atoms with E-state index in [1.165, 1.54) is 31.5 Å². The number of carbonyl (C=O) groups is 1. The van der Waals surface area contributed by atoms with Gasteiger partial charge in [-0.05, 0) is 18.6 Å². The molecule has 2 heterocycles. The molecule has 0 aromatic carbocycles. The molecule has 0 aliphatic rings. The molecule has 29 heavy (non-hydrogen) atoms. The van der Waals surface area contributed by atoms with Gasteiger partial charge in [0.2, 0.25) is 0 Å². The van der Waals surface area contributed by atoms with Crippen molar-refractivity contribution in [3.05, 3.63) is 60.3 Å². The summed E-state index contributed by atoms with van der Waals surface area (Å²) in [5, 5.41) is 21.9. The summed E-state index contributed by atoms with van der Waals surface area (Å²) in [5.74, 6) is -1.18. The quantitative estimate of drug-likeness (QED) is 0.374. The molecule has 0 saturated heterocycles. The van der Waals surface area contributed by atoms with Gasteiger partial charge in [0.1, 0.15) is 5.75 Å². The first-order valence-electron chi connectivity index (χ1n) is 8.00. The Kier molecular flexibility index (Phi) is 6.44. The Morgan fingerprint density at radius 2 is 2.00 bits per heavy atom. The number of hydroxylamine groups is 2. The first-order chi connectivity index (χ1) is 13.5. The molecule has 3 N–H and O–H groups in total. The van der Waals surface area contributed by atoms with Crippen molar-refractivity contribution in [1.29, 1.82) is 0 Å². The summed E-state index contributed by atoms with van der Waals surface area (Å²) in [5.41, 5.74) is -0.663. The van der Waals surface area contributed by atoms with E-state index >= 15 is 0 Å². The molecule has 1 amide bonds. The maximum absolute atomic E-state index is 12.7. The summed E-state index contributed by atoms with van der Waals surface area (Å²) in [6, 6.07) is 1.15. The maximum Gasteiger partial charge on any atom is 0.416 e. The van der Waals surface area contributed by atoms with Crippen molar-refractivity contribution >= 4 is 23.2 Å². The second kappa shape index (κ2) is 8.61. The van der Waals surface area contributed by atoms with Crippen LogP contribution in [0.15, 0.2) is 53.3 Å². The summed E-state index contributed by atoms with van der Waals surface area (Å²) in [6.07, 6.45) is 0.780. The topological polar surface area (TPSA) is 112 Å². The van der Waals surface area contributed by atoms with Gasteiger partial charge in [-0.15, -0.1) is 0 Å². The molecule has 0 saturated carbocycles. The molecule has 2 aromatic heterocycles. The van der Waals surface area contributed by atoms with Gasteiger partial charge < -0.3 is 14.8 Å². The lowest BCUT2D eigenvalue weighted by molar-refractivity contribution is -0.0881. The van der Waals surface area contributed by atoms with E-state index in [0.29, 0.717) is 11.6 Å². The number of alkyl halides is 3. The zero-order valence-corrected chi connectivity index (χ0v) is 15.4. The molecule has 2 rings (SSSR count). The van der Waals surface area contributed by atoms with Crippen LogP contribution in [-0.4, -0.2) is 44.5 Å². The number of rotatable bonds is 6. The van der Waals surface area contributed by atoms with Crippen LogP contribution in [0.3, 0.4) is 0 Å². The summed E-state index contributed by atoms with van der Waals surface area (Å²) in [6.45, 7) is 4.67. The Morgan fingerprint density at radius 1 is 1.31 bits per heavy atom. The molecule has 154 valence electrons. The number of aromatic hydroxyl groups is 1. The second-order valence-electron chi connectivity index (χ2n) is 5.75. The fourth-order valence-electron chi connectivity index (χ4n) is 2.05. The maximum atomic E-state index is 12.7. The monoisotopic (exact) mass is 410 g/mol. The van der Waals surface area contributed by atoms with Gasteiger partial charge in [0.05, 0.1) is 23.7 Å². The molecule has 0 aliphatic heterocycles. The summed E-state index contributed by atoms with van der Waals surface area (Å²) < 4.78 is 43.5. The lowest BCUT2D eigenvalue weighted by Gasteiger charge is -2.09. The Balaban J connectivity index is 2.17. The number of oxazole rings is 1. The Morgan fingerprint density at radius 3 is 2.55 bits per heavy atom. The van der Waals surface area contributed by atoms with E-state index in [0.717, 1.165) is 13.1 Å². The molecule has 0 aliphatic carbocycles. The number of amides is 1. The zero-order chi connectivity index (χ0) is 21.8. The van der Waals surface area contributed by atoms with Crippen LogP contribution in [0.2, 0.25) is 0 Å². The third-order valence-electron chi connectivity index (χ3n) is 3.57. The summed E-state index contributed by atoms with van der Waals surface area (Å²) >= 11 is 0. The van der Waals surface area contributed by atoms with Gasteiger partial charge in [0.15, 0.2) is 11.5 Å². The van der Waals surface area contributed by atoms with Crippen molar-refractivity contribution in [3.63, 3.8) is 0 Å². The largest absolute Gasteiger partial charge is 0.505 e. The summed E-state index contributed by atoms with van der Waals surface area (Å²) in [7, 11) is 1.08. The fourth-order valence-corrected chi connectivity index (χ4v) is 2.05. The van der Waals surface area contributed by atoms with Crippen molar-refractivity contribution < 1.29 is 32.7 Å². The average molecular weight is 410 g/mol. The highest BCUT2D eigenvalue weighted by Gasteiger charge is 2.30. The van der Waals surface area contributed by atoms with Crippen LogP contribution in [0.1, 0.15) is 23.2 Å². The van der Waals surface area contributed by atoms with Crippen LogP contribution in [0, 0.1) is 0 Å². The molecule has 0 fully saturated rings. The standard InChI is InChI=1S/C18H17F3N4O4/c1-4-11(18(19,20)21)6-5-10(2)14-9-23-17(29-14)24-12-7-13(26)15(22-8-12)16(27)25(3)28/h4-9,26,28H,1H2,2-3H3,(H,23,24)/b10-5+,11-6+. The molecule has 8 nitrogen and oxygen atoms in total. The number of anilines is 2. The first kappa shape index (κ1) is 21.7. The van der Waals surface area contributed by atoms with Crippen molar-refractivity contribution in [1.82, 2.24) is 15.0 Å². The number of carbonyl (C=O) groups excluding carboxylic acids is 1. The highest BCUT2D eigenvalue weighted by Crippen LogP contribution is 2.28.